The normalized spacial score (nSPS) is 14.6. The van der Waals surface area contributed by atoms with Crippen LogP contribution in [-0.4, -0.2) is 11.2 Å². The molecule has 0 heterocycles. The molecule has 1 aromatic rings. The summed E-state index contributed by atoms with van der Waals surface area (Å²) in [5.74, 6) is -0.160. The molecule has 0 saturated carbocycles. The number of benzene rings is 1. The average molecular weight is 226 g/mol. The Morgan fingerprint density at radius 1 is 1.38 bits per heavy atom. The lowest BCUT2D eigenvalue weighted by Crippen LogP contribution is -2.12. The van der Waals surface area contributed by atoms with Crippen molar-refractivity contribution in [2.45, 2.75) is 45.8 Å². The van der Waals surface area contributed by atoms with Crippen LogP contribution in [0.2, 0.25) is 0 Å². The number of halogens is 1. The zero-order valence-electron chi connectivity index (χ0n) is 10.0. The molecule has 1 unspecified atom stereocenters. The average Bonchev–Trinajstić information content (AvgIpc) is 2.21. The third-order valence-electron chi connectivity index (χ3n) is 2.46. The number of rotatable bonds is 5. The molecule has 0 amide bonds. The van der Waals surface area contributed by atoms with Crippen molar-refractivity contribution in [3.63, 3.8) is 0 Å². The molecule has 0 spiro atoms. The van der Waals surface area contributed by atoms with Gasteiger partial charge in [-0.3, -0.25) is 0 Å². The second-order valence-electron chi connectivity index (χ2n) is 4.08. The first kappa shape index (κ1) is 13.0. The van der Waals surface area contributed by atoms with E-state index in [2.05, 4.69) is 6.92 Å². The summed E-state index contributed by atoms with van der Waals surface area (Å²) in [4.78, 5) is 0. The first-order valence-corrected chi connectivity index (χ1v) is 5.68. The zero-order chi connectivity index (χ0) is 12.1. The molecule has 1 N–H and O–H groups in total. The SMILES string of the molecule is CCCC(C)Oc1ccc([C@@H](C)O)cc1F. The van der Waals surface area contributed by atoms with Crippen LogP contribution >= 0.6 is 0 Å². The lowest BCUT2D eigenvalue weighted by molar-refractivity contribution is 0.193. The van der Waals surface area contributed by atoms with Gasteiger partial charge in [0.2, 0.25) is 0 Å². The van der Waals surface area contributed by atoms with Crippen LogP contribution in [-0.2, 0) is 0 Å². The molecule has 0 aliphatic carbocycles. The quantitative estimate of drug-likeness (QED) is 0.833. The molecule has 0 bridgehead atoms. The Hall–Kier alpha value is -1.09. The van der Waals surface area contributed by atoms with Crippen molar-refractivity contribution in [1.29, 1.82) is 0 Å². The fraction of sp³-hybridized carbons (Fsp3) is 0.538. The molecule has 0 radical (unpaired) electrons. The predicted octanol–water partition coefficient (Wildman–Crippen LogP) is 3.45. The number of hydrogen-bond donors (Lipinski definition) is 1. The second kappa shape index (κ2) is 5.85. The fourth-order valence-corrected chi connectivity index (χ4v) is 1.55. The van der Waals surface area contributed by atoms with Gasteiger partial charge < -0.3 is 9.84 Å². The van der Waals surface area contributed by atoms with E-state index >= 15 is 0 Å². The van der Waals surface area contributed by atoms with Gasteiger partial charge in [-0.1, -0.05) is 19.4 Å². The third kappa shape index (κ3) is 3.49. The molecule has 2 atom stereocenters. The van der Waals surface area contributed by atoms with Crippen molar-refractivity contribution < 1.29 is 14.2 Å². The minimum Gasteiger partial charge on any atom is -0.488 e. The summed E-state index contributed by atoms with van der Waals surface area (Å²) in [5.41, 5.74) is 0.563. The molecule has 90 valence electrons. The van der Waals surface area contributed by atoms with Crippen LogP contribution < -0.4 is 4.74 Å². The Kier molecular flexibility index (Phi) is 4.74. The van der Waals surface area contributed by atoms with Gasteiger partial charge in [-0.05, 0) is 38.0 Å². The standard InChI is InChI=1S/C13H19FO2/c1-4-5-9(2)16-13-7-6-11(10(3)15)8-12(13)14/h6-10,15H,4-5H2,1-3H3/t9?,10-/m1/s1. The van der Waals surface area contributed by atoms with E-state index in [1.165, 1.54) is 6.07 Å². The van der Waals surface area contributed by atoms with Crippen LogP contribution in [0.25, 0.3) is 0 Å². The third-order valence-corrected chi connectivity index (χ3v) is 2.46. The molecule has 1 aromatic carbocycles. The smallest absolute Gasteiger partial charge is 0.165 e. The van der Waals surface area contributed by atoms with Crippen molar-refractivity contribution in [1.82, 2.24) is 0 Å². The minimum atomic E-state index is -0.656. The summed E-state index contributed by atoms with van der Waals surface area (Å²) in [5, 5.41) is 9.30. The van der Waals surface area contributed by atoms with Crippen molar-refractivity contribution in [3.05, 3.63) is 29.6 Å². The lowest BCUT2D eigenvalue weighted by atomic mass is 10.1. The maximum absolute atomic E-state index is 13.6. The number of aliphatic hydroxyl groups is 1. The van der Waals surface area contributed by atoms with Crippen molar-refractivity contribution in [2.24, 2.45) is 0 Å². The van der Waals surface area contributed by atoms with Crippen molar-refractivity contribution >= 4 is 0 Å². The Labute approximate surface area is 96.1 Å². The van der Waals surface area contributed by atoms with E-state index in [9.17, 15) is 9.50 Å². The monoisotopic (exact) mass is 226 g/mol. The van der Waals surface area contributed by atoms with E-state index in [-0.39, 0.29) is 11.9 Å². The summed E-state index contributed by atoms with van der Waals surface area (Å²) >= 11 is 0. The Bertz CT molecular complexity index is 337. The van der Waals surface area contributed by atoms with Gasteiger partial charge in [-0.15, -0.1) is 0 Å². The highest BCUT2D eigenvalue weighted by atomic mass is 19.1. The van der Waals surface area contributed by atoms with Gasteiger partial charge in [0.25, 0.3) is 0 Å². The van der Waals surface area contributed by atoms with Crippen molar-refractivity contribution in [3.8, 4) is 5.75 Å². The molecule has 0 aliphatic rings. The molecular weight excluding hydrogens is 207 g/mol. The van der Waals surface area contributed by atoms with Crippen LogP contribution in [0.4, 0.5) is 4.39 Å². The maximum atomic E-state index is 13.6. The van der Waals surface area contributed by atoms with E-state index in [4.69, 9.17) is 4.74 Å². The highest BCUT2D eigenvalue weighted by molar-refractivity contribution is 5.30. The number of aliphatic hydroxyl groups excluding tert-OH is 1. The highest BCUT2D eigenvalue weighted by Gasteiger charge is 2.10. The van der Waals surface area contributed by atoms with E-state index in [0.29, 0.717) is 5.56 Å². The topological polar surface area (TPSA) is 29.5 Å². The lowest BCUT2D eigenvalue weighted by Gasteiger charge is -2.15. The molecule has 0 aromatic heterocycles. The number of hydrogen-bond acceptors (Lipinski definition) is 2. The zero-order valence-corrected chi connectivity index (χ0v) is 10.0. The fourth-order valence-electron chi connectivity index (χ4n) is 1.55. The largest absolute Gasteiger partial charge is 0.488 e. The second-order valence-corrected chi connectivity index (χ2v) is 4.08. The summed E-state index contributed by atoms with van der Waals surface area (Å²) in [6.07, 6.45) is 1.26. The molecule has 0 fully saturated rings. The van der Waals surface area contributed by atoms with E-state index < -0.39 is 11.9 Å². The Morgan fingerprint density at radius 3 is 2.56 bits per heavy atom. The first-order chi connectivity index (χ1) is 7.54. The number of ether oxygens (including phenoxy) is 1. The molecule has 0 saturated heterocycles. The molecule has 2 nitrogen and oxygen atoms in total. The van der Waals surface area contributed by atoms with Gasteiger partial charge in [0.05, 0.1) is 12.2 Å². The van der Waals surface area contributed by atoms with Crippen LogP contribution in [0.3, 0.4) is 0 Å². The van der Waals surface area contributed by atoms with Gasteiger partial charge >= 0.3 is 0 Å². The van der Waals surface area contributed by atoms with E-state index in [1.54, 1.807) is 19.1 Å². The van der Waals surface area contributed by atoms with Crippen LogP contribution in [0, 0.1) is 5.82 Å². The first-order valence-electron chi connectivity index (χ1n) is 5.68. The van der Waals surface area contributed by atoms with Crippen LogP contribution in [0.15, 0.2) is 18.2 Å². The molecule has 1 rings (SSSR count). The van der Waals surface area contributed by atoms with E-state index in [1.807, 2.05) is 6.92 Å². The summed E-state index contributed by atoms with van der Waals surface area (Å²) in [7, 11) is 0. The van der Waals surface area contributed by atoms with Crippen LogP contribution in [0.1, 0.15) is 45.3 Å². The molecule has 3 heteroatoms. The maximum Gasteiger partial charge on any atom is 0.165 e. The van der Waals surface area contributed by atoms with Gasteiger partial charge in [0.15, 0.2) is 11.6 Å². The van der Waals surface area contributed by atoms with Gasteiger partial charge in [0, 0.05) is 0 Å². The predicted molar refractivity (Wildman–Crippen MR) is 62.0 cm³/mol. The van der Waals surface area contributed by atoms with E-state index in [0.717, 1.165) is 12.8 Å². The molecule has 0 aliphatic heterocycles. The summed E-state index contributed by atoms with van der Waals surface area (Å²) in [6, 6.07) is 4.57. The van der Waals surface area contributed by atoms with Crippen LogP contribution in [0.5, 0.6) is 5.75 Å². The summed E-state index contributed by atoms with van der Waals surface area (Å²) < 4.78 is 19.0. The molecular formula is C13H19FO2. The highest BCUT2D eigenvalue weighted by Crippen LogP contribution is 2.23. The minimum absolute atomic E-state index is 0.0110. The summed E-state index contributed by atoms with van der Waals surface area (Å²) in [6.45, 7) is 5.59. The molecule has 16 heavy (non-hydrogen) atoms. The van der Waals surface area contributed by atoms with Crippen molar-refractivity contribution in [2.75, 3.05) is 0 Å². The Morgan fingerprint density at radius 2 is 2.06 bits per heavy atom. The van der Waals surface area contributed by atoms with Gasteiger partial charge in [0.1, 0.15) is 0 Å². The van der Waals surface area contributed by atoms with Gasteiger partial charge in [-0.25, -0.2) is 4.39 Å². The Balaban J connectivity index is 2.75. The van der Waals surface area contributed by atoms with Gasteiger partial charge in [-0.2, -0.15) is 0 Å².